The maximum atomic E-state index is 12.4. The molecule has 3 fully saturated rings. The summed E-state index contributed by atoms with van der Waals surface area (Å²) in [6, 6.07) is 0. The van der Waals surface area contributed by atoms with Crippen molar-refractivity contribution < 1.29 is 9.90 Å². The average Bonchev–Trinajstić information content (AvgIpc) is 2.75. The molecule has 116 valence electrons. The van der Waals surface area contributed by atoms with E-state index >= 15 is 0 Å². The van der Waals surface area contributed by atoms with Gasteiger partial charge < -0.3 is 5.11 Å². The van der Waals surface area contributed by atoms with Gasteiger partial charge in [0.1, 0.15) is 5.78 Å². The summed E-state index contributed by atoms with van der Waals surface area (Å²) in [5.41, 5.74) is 1.46. The average molecular weight is 288 g/mol. The van der Waals surface area contributed by atoms with Gasteiger partial charge in [0.15, 0.2) is 0 Å². The molecule has 0 saturated heterocycles. The molecule has 0 radical (unpaired) electrons. The number of carbonyl (C=O) groups excluding carboxylic acids is 1. The van der Waals surface area contributed by atoms with E-state index in [1.54, 1.807) is 0 Å². The lowest BCUT2D eigenvalue weighted by molar-refractivity contribution is -0.134. The Balaban J connectivity index is 1.73. The first-order valence-corrected chi connectivity index (χ1v) is 8.89. The molecule has 0 spiro atoms. The van der Waals surface area contributed by atoms with E-state index in [9.17, 15) is 9.90 Å². The predicted molar refractivity (Wildman–Crippen MR) is 82.7 cm³/mol. The molecule has 4 aliphatic rings. The minimum Gasteiger partial charge on any atom is -0.389 e. The lowest BCUT2D eigenvalue weighted by atomic mass is 9.47. The number of rotatable bonds is 0. The van der Waals surface area contributed by atoms with E-state index in [0.29, 0.717) is 23.5 Å². The van der Waals surface area contributed by atoms with Crippen molar-refractivity contribution in [3.63, 3.8) is 0 Å². The molecule has 6 atom stereocenters. The number of hydrogen-bond acceptors (Lipinski definition) is 2. The fraction of sp³-hybridized carbons (Fsp3) is 0.842. The first kappa shape index (κ1) is 14.0. The summed E-state index contributed by atoms with van der Waals surface area (Å²) in [7, 11) is 0. The zero-order valence-electron chi connectivity index (χ0n) is 13.4. The fourth-order valence-corrected chi connectivity index (χ4v) is 6.58. The van der Waals surface area contributed by atoms with Crippen LogP contribution in [0.5, 0.6) is 0 Å². The molecule has 0 aliphatic heterocycles. The van der Waals surface area contributed by atoms with Crippen LogP contribution in [0.3, 0.4) is 0 Å². The van der Waals surface area contributed by atoms with E-state index in [2.05, 4.69) is 19.9 Å². The van der Waals surface area contributed by atoms with Crippen LogP contribution in [-0.4, -0.2) is 17.0 Å². The van der Waals surface area contributed by atoms with Crippen molar-refractivity contribution in [2.75, 3.05) is 0 Å². The summed E-state index contributed by atoms with van der Waals surface area (Å²) in [6.07, 6.45) is 10.7. The van der Waals surface area contributed by atoms with E-state index < -0.39 is 0 Å². The topological polar surface area (TPSA) is 37.3 Å². The monoisotopic (exact) mass is 288 g/mol. The third-order valence-electron chi connectivity index (χ3n) is 7.74. The smallest absolute Gasteiger partial charge is 0.139 e. The third kappa shape index (κ3) is 1.72. The quantitative estimate of drug-likeness (QED) is 0.687. The van der Waals surface area contributed by atoms with Crippen LogP contribution in [0.15, 0.2) is 11.6 Å². The van der Waals surface area contributed by atoms with Gasteiger partial charge in [0.2, 0.25) is 0 Å². The summed E-state index contributed by atoms with van der Waals surface area (Å²) in [5.74, 6) is 2.27. The van der Waals surface area contributed by atoms with Crippen LogP contribution in [-0.2, 0) is 4.79 Å². The first-order valence-electron chi connectivity index (χ1n) is 8.89. The van der Waals surface area contributed by atoms with Gasteiger partial charge in [-0.05, 0) is 73.7 Å². The van der Waals surface area contributed by atoms with E-state index in [1.165, 1.54) is 24.8 Å². The van der Waals surface area contributed by atoms with E-state index in [-0.39, 0.29) is 16.9 Å². The van der Waals surface area contributed by atoms with E-state index in [1.807, 2.05) is 0 Å². The molecule has 21 heavy (non-hydrogen) atoms. The molecule has 2 heteroatoms. The standard InChI is InChI=1S/C19H28O2/c1-18-9-4-3-5-15(18)16(20)11-12-13-6-7-17(21)19(13,2)10-8-14(12)18/h5,12-14,16,20H,3-4,6-11H2,1-2H3/t12?,13?,14?,16-,18-,19+/m1/s1. The second-order valence-corrected chi connectivity index (χ2v) is 8.52. The molecule has 0 aromatic carbocycles. The third-order valence-corrected chi connectivity index (χ3v) is 7.74. The highest BCUT2D eigenvalue weighted by molar-refractivity contribution is 5.87. The highest BCUT2D eigenvalue weighted by atomic mass is 16.3. The minimum atomic E-state index is -0.255. The van der Waals surface area contributed by atoms with Crippen molar-refractivity contribution in [2.24, 2.45) is 28.6 Å². The minimum absolute atomic E-state index is 0.0763. The van der Waals surface area contributed by atoms with Gasteiger partial charge in [-0.2, -0.15) is 0 Å². The van der Waals surface area contributed by atoms with Crippen LogP contribution in [0.4, 0.5) is 0 Å². The maximum absolute atomic E-state index is 12.4. The number of aliphatic hydroxyl groups is 1. The van der Waals surface area contributed by atoms with Crippen LogP contribution in [0.25, 0.3) is 0 Å². The fourth-order valence-electron chi connectivity index (χ4n) is 6.58. The normalized spacial score (nSPS) is 52.7. The van der Waals surface area contributed by atoms with Gasteiger partial charge in [0.25, 0.3) is 0 Å². The molecule has 3 saturated carbocycles. The van der Waals surface area contributed by atoms with Crippen molar-refractivity contribution in [1.82, 2.24) is 0 Å². The molecule has 0 aromatic heterocycles. The number of fused-ring (bicyclic) bond motifs is 5. The number of carbonyl (C=O) groups is 1. The van der Waals surface area contributed by atoms with Crippen LogP contribution >= 0.6 is 0 Å². The predicted octanol–water partition coefficient (Wildman–Crippen LogP) is 3.88. The Morgan fingerprint density at radius 3 is 2.71 bits per heavy atom. The van der Waals surface area contributed by atoms with Gasteiger partial charge in [0.05, 0.1) is 6.10 Å². The number of hydrogen-bond donors (Lipinski definition) is 1. The first-order chi connectivity index (χ1) is 9.97. The highest BCUT2D eigenvalue weighted by Gasteiger charge is 2.60. The number of Topliss-reactive ketones (excluding diaryl/α,β-unsaturated/α-hetero) is 1. The van der Waals surface area contributed by atoms with Crippen LogP contribution in [0.1, 0.15) is 65.2 Å². The van der Waals surface area contributed by atoms with Crippen LogP contribution < -0.4 is 0 Å². The lowest BCUT2D eigenvalue weighted by Gasteiger charge is -2.58. The number of ketones is 1. The van der Waals surface area contributed by atoms with Gasteiger partial charge in [-0.25, -0.2) is 0 Å². The number of aliphatic hydroxyl groups excluding tert-OH is 1. The Morgan fingerprint density at radius 2 is 1.90 bits per heavy atom. The summed E-state index contributed by atoms with van der Waals surface area (Å²) < 4.78 is 0. The van der Waals surface area contributed by atoms with Crippen LogP contribution in [0, 0.1) is 28.6 Å². The second kappa shape index (κ2) is 4.44. The molecular formula is C19H28O2. The Labute approximate surface area is 128 Å². The van der Waals surface area contributed by atoms with Gasteiger partial charge in [0, 0.05) is 11.8 Å². The van der Waals surface area contributed by atoms with E-state index in [0.717, 1.165) is 32.1 Å². The molecule has 0 amide bonds. The summed E-state index contributed by atoms with van der Waals surface area (Å²) in [5, 5.41) is 10.7. The van der Waals surface area contributed by atoms with Crippen molar-refractivity contribution in [1.29, 1.82) is 0 Å². The Morgan fingerprint density at radius 1 is 1.14 bits per heavy atom. The van der Waals surface area contributed by atoms with Crippen molar-refractivity contribution in [3.8, 4) is 0 Å². The maximum Gasteiger partial charge on any atom is 0.139 e. The van der Waals surface area contributed by atoms with Crippen LogP contribution in [0.2, 0.25) is 0 Å². The van der Waals surface area contributed by atoms with Crippen molar-refractivity contribution in [2.45, 2.75) is 71.3 Å². The molecule has 4 rings (SSSR count). The Hall–Kier alpha value is -0.630. The zero-order chi connectivity index (χ0) is 14.8. The number of allylic oxidation sites excluding steroid dienone is 1. The summed E-state index contributed by atoms with van der Waals surface area (Å²) >= 11 is 0. The van der Waals surface area contributed by atoms with E-state index in [4.69, 9.17) is 0 Å². The molecule has 0 bridgehead atoms. The van der Waals surface area contributed by atoms with Crippen molar-refractivity contribution in [3.05, 3.63) is 11.6 Å². The largest absolute Gasteiger partial charge is 0.389 e. The van der Waals surface area contributed by atoms with Gasteiger partial charge in [-0.1, -0.05) is 19.9 Å². The van der Waals surface area contributed by atoms with Gasteiger partial charge in [-0.3, -0.25) is 4.79 Å². The Kier molecular flexibility index (Phi) is 2.96. The lowest BCUT2D eigenvalue weighted by Crippen LogP contribution is -2.53. The molecule has 1 N–H and O–H groups in total. The van der Waals surface area contributed by atoms with Gasteiger partial charge in [-0.15, -0.1) is 0 Å². The second-order valence-electron chi connectivity index (χ2n) is 8.52. The molecule has 3 unspecified atom stereocenters. The summed E-state index contributed by atoms with van der Waals surface area (Å²) in [4.78, 5) is 12.4. The molecule has 0 heterocycles. The Bertz CT molecular complexity index is 508. The molecule has 2 nitrogen and oxygen atoms in total. The zero-order valence-corrected chi connectivity index (χ0v) is 13.4. The van der Waals surface area contributed by atoms with Crippen molar-refractivity contribution >= 4 is 5.78 Å². The SMILES string of the molecule is C[C@]12CCCC=C1[C@H](O)CC1C2CC[C@]2(C)C(=O)CCC12. The molecule has 0 aromatic rings. The molecular weight excluding hydrogens is 260 g/mol. The highest BCUT2D eigenvalue weighted by Crippen LogP contribution is 2.64. The summed E-state index contributed by atoms with van der Waals surface area (Å²) in [6.45, 7) is 4.61. The molecule has 4 aliphatic carbocycles. The van der Waals surface area contributed by atoms with Gasteiger partial charge >= 0.3 is 0 Å².